The zero-order valence-corrected chi connectivity index (χ0v) is 11.3. The predicted octanol–water partition coefficient (Wildman–Crippen LogP) is 0.951. The molecule has 7 nitrogen and oxygen atoms in total. The predicted molar refractivity (Wildman–Crippen MR) is 73.8 cm³/mol. The highest BCUT2D eigenvalue weighted by molar-refractivity contribution is 5.95. The average molecular weight is 279 g/mol. The van der Waals surface area contributed by atoms with E-state index >= 15 is 0 Å². The number of carboxylic acids is 1. The lowest BCUT2D eigenvalue weighted by Gasteiger charge is -2.11. The monoisotopic (exact) mass is 279 g/mol. The van der Waals surface area contributed by atoms with Crippen LogP contribution in [-0.2, 0) is 4.79 Å². The molecule has 0 saturated heterocycles. The van der Waals surface area contributed by atoms with Crippen LogP contribution in [0.2, 0.25) is 0 Å². The molecule has 7 heteroatoms. The highest BCUT2D eigenvalue weighted by atomic mass is 16.4. The SMILES string of the molecule is CC(=O)NCCNC(=O)Nc1cccc(C(=O)O)c1C. The number of carbonyl (C=O) groups excluding carboxylic acids is 2. The molecule has 0 atom stereocenters. The molecule has 3 amide bonds. The number of anilines is 1. The Hall–Kier alpha value is -2.57. The quantitative estimate of drug-likeness (QED) is 0.602. The maximum absolute atomic E-state index is 11.6. The summed E-state index contributed by atoms with van der Waals surface area (Å²) in [6.07, 6.45) is 0. The molecule has 0 aliphatic carbocycles. The van der Waals surface area contributed by atoms with Gasteiger partial charge in [0, 0.05) is 25.7 Å². The molecule has 0 unspecified atom stereocenters. The van der Waals surface area contributed by atoms with Crippen molar-refractivity contribution in [3.05, 3.63) is 29.3 Å². The summed E-state index contributed by atoms with van der Waals surface area (Å²) in [7, 11) is 0. The number of hydrogen-bond donors (Lipinski definition) is 4. The van der Waals surface area contributed by atoms with E-state index in [2.05, 4.69) is 16.0 Å². The van der Waals surface area contributed by atoms with Gasteiger partial charge in [-0.2, -0.15) is 0 Å². The lowest BCUT2D eigenvalue weighted by atomic mass is 10.1. The third kappa shape index (κ3) is 4.60. The van der Waals surface area contributed by atoms with E-state index < -0.39 is 12.0 Å². The fourth-order valence-corrected chi connectivity index (χ4v) is 1.58. The molecule has 0 heterocycles. The normalized spacial score (nSPS) is 9.70. The van der Waals surface area contributed by atoms with Crippen molar-refractivity contribution in [1.29, 1.82) is 0 Å². The fraction of sp³-hybridized carbons (Fsp3) is 0.308. The van der Waals surface area contributed by atoms with Crippen LogP contribution < -0.4 is 16.0 Å². The van der Waals surface area contributed by atoms with Gasteiger partial charge in [0.15, 0.2) is 0 Å². The van der Waals surface area contributed by atoms with E-state index in [9.17, 15) is 14.4 Å². The van der Waals surface area contributed by atoms with Crippen molar-refractivity contribution in [2.24, 2.45) is 0 Å². The first kappa shape index (κ1) is 15.5. The van der Waals surface area contributed by atoms with Crippen molar-refractivity contribution in [3.8, 4) is 0 Å². The van der Waals surface area contributed by atoms with Gasteiger partial charge >= 0.3 is 12.0 Å². The van der Waals surface area contributed by atoms with E-state index in [4.69, 9.17) is 5.11 Å². The van der Waals surface area contributed by atoms with Gasteiger partial charge in [0.05, 0.1) is 5.56 Å². The molecule has 0 aliphatic rings. The highest BCUT2D eigenvalue weighted by Crippen LogP contribution is 2.18. The van der Waals surface area contributed by atoms with Crippen LogP contribution in [0.25, 0.3) is 0 Å². The van der Waals surface area contributed by atoms with E-state index in [0.717, 1.165) is 0 Å². The summed E-state index contributed by atoms with van der Waals surface area (Å²) in [6, 6.07) is 4.19. The molecule has 20 heavy (non-hydrogen) atoms. The summed E-state index contributed by atoms with van der Waals surface area (Å²) < 4.78 is 0. The van der Waals surface area contributed by atoms with E-state index in [1.807, 2.05) is 0 Å². The Morgan fingerprint density at radius 2 is 1.80 bits per heavy atom. The van der Waals surface area contributed by atoms with Crippen LogP contribution in [0.5, 0.6) is 0 Å². The van der Waals surface area contributed by atoms with Crippen LogP contribution in [0.1, 0.15) is 22.8 Å². The van der Waals surface area contributed by atoms with Crippen LogP contribution in [0.15, 0.2) is 18.2 Å². The summed E-state index contributed by atoms with van der Waals surface area (Å²) >= 11 is 0. The van der Waals surface area contributed by atoms with Crippen molar-refractivity contribution in [3.63, 3.8) is 0 Å². The molecule has 0 saturated carbocycles. The van der Waals surface area contributed by atoms with E-state index in [1.54, 1.807) is 19.1 Å². The zero-order chi connectivity index (χ0) is 15.1. The van der Waals surface area contributed by atoms with Crippen molar-refractivity contribution in [2.75, 3.05) is 18.4 Å². The van der Waals surface area contributed by atoms with Crippen molar-refractivity contribution >= 4 is 23.6 Å². The number of carbonyl (C=O) groups is 3. The lowest BCUT2D eigenvalue weighted by molar-refractivity contribution is -0.118. The number of amides is 3. The van der Waals surface area contributed by atoms with Gasteiger partial charge in [-0.25, -0.2) is 9.59 Å². The van der Waals surface area contributed by atoms with E-state index in [1.165, 1.54) is 13.0 Å². The summed E-state index contributed by atoms with van der Waals surface area (Å²) in [5, 5.41) is 16.6. The third-order valence-corrected chi connectivity index (χ3v) is 2.60. The van der Waals surface area contributed by atoms with Gasteiger partial charge in [0.2, 0.25) is 5.91 Å². The number of benzene rings is 1. The Bertz CT molecular complexity index is 528. The Morgan fingerprint density at radius 1 is 1.15 bits per heavy atom. The molecule has 1 aromatic rings. The zero-order valence-electron chi connectivity index (χ0n) is 11.3. The highest BCUT2D eigenvalue weighted by Gasteiger charge is 2.11. The minimum absolute atomic E-state index is 0.140. The fourth-order valence-electron chi connectivity index (χ4n) is 1.58. The van der Waals surface area contributed by atoms with E-state index in [0.29, 0.717) is 17.8 Å². The first-order valence-corrected chi connectivity index (χ1v) is 6.04. The molecule has 0 radical (unpaired) electrons. The van der Waals surface area contributed by atoms with Crippen LogP contribution in [-0.4, -0.2) is 36.1 Å². The van der Waals surface area contributed by atoms with Gasteiger partial charge in [-0.15, -0.1) is 0 Å². The molecule has 0 bridgehead atoms. The molecule has 108 valence electrons. The Balaban J connectivity index is 2.56. The molecule has 0 fully saturated rings. The van der Waals surface area contributed by atoms with Gasteiger partial charge in [0.25, 0.3) is 0 Å². The van der Waals surface area contributed by atoms with Crippen LogP contribution in [0.4, 0.5) is 10.5 Å². The minimum Gasteiger partial charge on any atom is -0.478 e. The molecule has 0 spiro atoms. The van der Waals surface area contributed by atoms with Gasteiger partial charge in [0.1, 0.15) is 0 Å². The topological polar surface area (TPSA) is 108 Å². The average Bonchev–Trinajstić information content (AvgIpc) is 2.36. The maximum atomic E-state index is 11.6. The number of aromatic carboxylic acids is 1. The molecule has 1 aromatic carbocycles. The summed E-state index contributed by atoms with van der Waals surface area (Å²) in [4.78, 5) is 33.2. The number of hydrogen-bond acceptors (Lipinski definition) is 3. The number of carboxylic acid groups (broad SMARTS) is 1. The summed E-state index contributed by atoms with van der Waals surface area (Å²) in [5.41, 5.74) is 1.06. The van der Waals surface area contributed by atoms with Crippen molar-refractivity contribution in [1.82, 2.24) is 10.6 Å². The number of nitrogens with one attached hydrogen (secondary N) is 3. The smallest absolute Gasteiger partial charge is 0.336 e. The van der Waals surface area contributed by atoms with Crippen molar-refractivity contribution in [2.45, 2.75) is 13.8 Å². The summed E-state index contributed by atoms with van der Waals surface area (Å²) in [6.45, 7) is 3.62. The Labute approximate surface area is 116 Å². The lowest BCUT2D eigenvalue weighted by Crippen LogP contribution is -2.36. The molecule has 0 aliphatic heterocycles. The molecular formula is C13H17N3O4. The second-order valence-corrected chi connectivity index (χ2v) is 4.15. The second-order valence-electron chi connectivity index (χ2n) is 4.15. The molecule has 4 N–H and O–H groups in total. The molecular weight excluding hydrogens is 262 g/mol. The minimum atomic E-state index is -1.04. The number of rotatable bonds is 5. The van der Waals surface area contributed by atoms with Gasteiger partial charge in [-0.05, 0) is 24.6 Å². The van der Waals surface area contributed by atoms with Crippen LogP contribution in [0, 0.1) is 6.92 Å². The standard InChI is InChI=1S/C13H17N3O4/c1-8-10(12(18)19)4-3-5-11(8)16-13(20)15-7-6-14-9(2)17/h3-5H,6-7H2,1-2H3,(H,14,17)(H,18,19)(H2,15,16,20). The largest absolute Gasteiger partial charge is 0.478 e. The maximum Gasteiger partial charge on any atom is 0.336 e. The van der Waals surface area contributed by atoms with E-state index in [-0.39, 0.29) is 18.0 Å². The Morgan fingerprint density at radius 3 is 2.40 bits per heavy atom. The number of urea groups is 1. The Kier molecular flexibility index (Phi) is 5.52. The molecule has 1 rings (SSSR count). The van der Waals surface area contributed by atoms with Gasteiger partial charge in [-0.1, -0.05) is 6.07 Å². The third-order valence-electron chi connectivity index (χ3n) is 2.60. The van der Waals surface area contributed by atoms with Gasteiger partial charge in [-0.3, -0.25) is 4.79 Å². The first-order chi connectivity index (χ1) is 9.41. The van der Waals surface area contributed by atoms with Crippen molar-refractivity contribution < 1.29 is 19.5 Å². The first-order valence-electron chi connectivity index (χ1n) is 6.04. The van der Waals surface area contributed by atoms with Crippen LogP contribution in [0.3, 0.4) is 0 Å². The van der Waals surface area contributed by atoms with Gasteiger partial charge < -0.3 is 21.1 Å². The molecule has 0 aromatic heterocycles. The summed E-state index contributed by atoms with van der Waals surface area (Å²) in [5.74, 6) is -1.21. The second kappa shape index (κ2) is 7.13. The van der Waals surface area contributed by atoms with Crippen LogP contribution >= 0.6 is 0 Å².